The Kier molecular flexibility index (Phi) is 12.0. The summed E-state index contributed by atoms with van der Waals surface area (Å²) in [5.74, 6) is -0.171. The van der Waals surface area contributed by atoms with E-state index in [1.165, 1.54) is 0 Å². The van der Waals surface area contributed by atoms with Crippen LogP contribution in [0.1, 0.15) is 74.1 Å². The number of imidazole rings is 1. The van der Waals surface area contributed by atoms with Gasteiger partial charge >= 0.3 is 12.1 Å². The zero-order valence-electron chi connectivity index (χ0n) is 25.4. The normalized spacial score (nSPS) is 11.6. The van der Waals surface area contributed by atoms with Crippen LogP contribution in [0.15, 0.2) is 48.5 Å². The highest BCUT2D eigenvalue weighted by Gasteiger charge is 2.22. The number of aromatic carboxylic acids is 1. The van der Waals surface area contributed by atoms with E-state index in [0.29, 0.717) is 49.4 Å². The lowest BCUT2D eigenvalue weighted by Crippen LogP contribution is -2.18. The summed E-state index contributed by atoms with van der Waals surface area (Å²) in [5, 5.41) is 31.6. The minimum absolute atomic E-state index is 0.0133. The van der Waals surface area contributed by atoms with Gasteiger partial charge in [-0.05, 0) is 54.5 Å². The largest absolute Gasteiger partial charge is 0.510 e. The third-order valence-corrected chi connectivity index (χ3v) is 7.22. The van der Waals surface area contributed by atoms with Gasteiger partial charge in [-0.1, -0.05) is 73.5 Å². The molecule has 0 spiro atoms. The van der Waals surface area contributed by atoms with E-state index in [4.69, 9.17) is 21.1 Å². The van der Waals surface area contributed by atoms with Gasteiger partial charge in [-0.2, -0.15) is 0 Å². The van der Waals surface area contributed by atoms with Gasteiger partial charge in [0.05, 0.1) is 13.2 Å². The number of tetrazole rings is 1. The van der Waals surface area contributed by atoms with Gasteiger partial charge in [0, 0.05) is 18.5 Å². The molecule has 0 saturated heterocycles. The number of ether oxygens (including phenoxy) is 2. The fourth-order valence-electron chi connectivity index (χ4n) is 4.65. The number of carboxylic acids is 1. The van der Waals surface area contributed by atoms with Crippen molar-refractivity contribution in [3.63, 3.8) is 0 Å². The standard InChI is InChI=1S/C30H34ClN7O8/c1-3-4-12-25-32-27(31)26(29(39)40)36(25)19-21-13-15-22(16-14-21)23-10-6-7-11-24(23)28-33-35-37(34-28)20(2)46-30(41)44-17-8-5-9-18-45-38(42)43/h6-7,10-11,13-16,20H,3-5,8-9,12,17-19H2,1-2H3,(H,39,40). The van der Waals surface area contributed by atoms with Crippen molar-refractivity contribution in [2.24, 2.45) is 0 Å². The zero-order chi connectivity index (χ0) is 33.1. The summed E-state index contributed by atoms with van der Waals surface area (Å²) in [5.41, 5.74) is 3.27. The van der Waals surface area contributed by atoms with E-state index in [-0.39, 0.29) is 24.1 Å². The number of rotatable bonds is 17. The second-order valence-corrected chi connectivity index (χ2v) is 10.6. The molecule has 2 aromatic heterocycles. The highest BCUT2D eigenvalue weighted by molar-refractivity contribution is 6.32. The summed E-state index contributed by atoms with van der Waals surface area (Å²) < 4.78 is 12.0. The molecule has 46 heavy (non-hydrogen) atoms. The number of carbonyl (C=O) groups excluding carboxylic acids is 1. The van der Waals surface area contributed by atoms with Crippen LogP contribution in [0.2, 0.25) is 5.15 Å². The number of nitrogens with zero attached hydrogens (tertiary/aromatic N) is 7. The molecular formula is C30H34ClN7O8. The predicted octanol–water partition coefficient (Wildman–Crippen LogP) is 6.00. The minimum Gasteiger partial charge on any atom is -0.476 e. The zero-order valence-corrected chi connectivity index (χ0v) is 26.1. The molecule has 2 heterocycles. The van der Waals surface area contributed by atoms with Gasteiger partial charge in [0.2, 0.25) is 12.1 Å². The smallest absolute Gasteiger partial charge is 0.476 e. The number of halogens is 1. The Labute approximate surface area is 269 Å². The van der Waals surface area contributed by atoms with Crippen molar-refractivity contribution < 1.29 is 34.1 Å². The van der Waals surface area contributed by atoms with E-state index in [1.807, 2.05) is 48.5 Å². The maximum Gasteiger partial charge on any atom is 0.510 e. The average Bonchev–Trinajstić information content (AvgIpc) is 3.64. The van der Waals surface area contributed by atoms with Crippen molar-refractivity contribution in [1.29, 1.82) is 0 Å². The number of carboxylic acid groups (broad SMARTS) is 1. The molecule has 0 fully saturated rings. The van der Waals surface area contributed by atoms with Crippen LogP contribution in [0.3, 0.4) is 0 Å². The van der Waals surface area contributed by atoms with Crippen molar-refractivity contribution in [1.82, 2.24) is 29.8 Å². The number of aryl methyl sites for hydroxylation is 1. The van der Waals surface area contributed by atoms with E-state index in [2.05, 4.69) is 32.2 Å². The first-order valence-corrected chi connectivity index (χ1v) is 15.1. The Morgan fingerprint density at radius 2 is 1.76 bits per heavy atom. The Bertz CT molecular complexity index is 1640. The Balaban J connectivity index is 1.40. The van der Waals surface area contributed by atoms with Crippen LogP contribution in [0.5, 0.6) is 0 Å². The number of hydrogen-bond acceptors (Lipinski definition) is 11. The molecule has 0 bridgehead atoms. The van der Waals surface area contributed by atoms with Crippen LogP contribution >= 0.6 is 11.6 Å². The lowest BCUT2D eigenvalue weighted by atomic mass is 9.98. The van der Waals surface area contributed by atoms with E-state index in [1.54, 1.807) is 11.5 Å². The van der Waals surface area contributed by atoms with Gasteiger partial charge in [0.15, 0.2) is 10.8 Å². The Morgan fingerprint density at radius 1 is 1.04 bits per heavy atom. The second kappa shape index (κ2) is 16.3. The number of benzene rings is 2. The molecule has 0 aliphatic carbocycles. The van der Waals surface area contributed by atoms with Crippen LogP contribution in [0.25, 0.3) is 22.5 Å². The summed E-state index contributed by atoms with van der Waals surface area (Å²) in [7, 11) is 0. The highest BCUT2D eigenvalue weighted by Crippen LogP contribution is 2.31. The van der Waals surface area contributed by atoms with Crippen LogP contribution in [0.4, 0.5) is 4.79 Å². The van der Waals surface area contributed by atoms with Crippen LogP contribution in [0, 0.1) is 10.1 Å². The van der Waals surface area contributed by atoms with Gasteiger partial charge in [-0.25, -0.2) is 14.6 Å². The van der Waals surface area contributed by atoms with E-state index in [0.717, 1.165) is 34.3 Å². The first kappa shape index (κ1) is 33.8. The monoisotopic (exact) mass is 655 g/mol. The highest BCUT2D eigenvalue weighted by atomic mass is 35.5. The van der Waals surface area contributed by atoms with Crippen molar-refractivity contribution in [2.75, 3.05) is 13.2 Å². The molecule has 15 nitrogen and oxygen atoms in total. The third-order valence-electron chi connectivity index (χ3n) is 6.96. The maximum atomic E-state index is 12.1. The summed E-state index contributed by atoms with van der Waals surface area (Å²) in [4.78, 5) is 43.8. The van der Waals surface area contributed by atoms with Crippen molar-refractivity contribution in [3.05, 3.63) is 80.9 Å². The molecule has 0 saturated carbocycles. The van der Waals surface area contributed by atoms with Crippen molar-refractivity contribution in [3.8, 4) is 22.5 Å². The third kappa shape index (κ3) is 9.00. The molecule has 4 aromatic rings. The number of carbonyl (C=O) groups is 2. The molecule has 1 unspecified atom stereocenters. The molecule has 0 aliphatic heterocycles. The summed E-state index contributed by atoms with van der Waals surface area (Å²) in [6.07, 6.45) is 2.16. The molecule has 0 amide bonds. The first-order chi connectivity index (χ1) is 22.2. The fourth-order valence-corrected chi connectivity index (χ4v) is 4.93. The predicted molar refractivity (Wildman–Crippen MR) is 165 cm³/mol. The van der Waals surface area contributed by atoms with Gasteiger partial charge in [0.1, 0.15) is 5.82 Å². The molecule has 4 rings (SSSR count). The topological polar surface area (TPSA) is 187 Å². The first-order valence-electron chi connectivity index (χ1n) is 14.7. The van der Waals surface area contributed by atoms with Gasteiger partial charge in [0.25, 0.3) is 5.09 Å². The molecule has 244 valence electrons. The van der Waals surface area contributed by atoms with Crippen molar-refractivity contribution in [2.45, 2.75) is 65.1 Å². The second-order valence-electron chi connectivity index (χ2n) is 10.3. The SMILES string of the molecule is CCCCc1nc(Cl)c(C(=O)O)n1Cc1ccc(-c2ccccc2-c2nnn(C(C)OC(=O)OCCCCCO[N+](=O)[O-])n2)cc1. The van der Waals surface area contributed by atoms with Crippen LogP contribution in [-0.2, 0) is 27.3 Å². The quantitative estimate of drug-likeness (QED) is 0.0606. The number of hydrogen-bond donors (Lipinski definition) is 1. The van der Waals surface area contributed by atoms with Gasteiger partial charge in [-0.15, -0.1) is 25.1 Å². The van der Waals surface area contributed by atoms with E-state index >= 15 is 0 Å². The van der Waals surface area contributed by atoms with Crippen molar-refractivity contribution >= 4 is 23.7 Å². The van der Waals surface area contributed by atoms with Gasteiger partial charge in [-0.3, -0.25) is 0 Å². The summed E-state index contributed by atoms with van der Waals surface area (Å²) >= 11 is 6.18. The van der Waals surface area contributed by atoms with E-state index in [9.17, 15) is 24.8 Å². The molecule has 0 radical (unpaired) electrons. The lowest BCUT2D eigenvalue weighted by Gasteiger charge is -2.12. The van der Waals surface area contributed by atoms with Crippen LogP contribution in [-0.4, -0.2) is 65.3 Å². The number of unbranched alkanes of at least 4 members (excludes halogenated alkanes) is 3. The summed E-state index contributed by atoms with van der Waals surface area (Å²) in [6.45, 7) is 4.00. The minimum atomic E-state index is -1.13. The molecule has 2 aromatic carbocycles. The molecular weight excluding hydrogens is 622 g/mol. The van der Waals surface area contributed by atoms with Gasteiger partial charge < -0.3 is 24.0 Å². The molecule has 1 atom stereocenters. The maximum absolute atomic E-state index is 12.1. The Morgan fingerprint density at radius 3 is 2.46 bits per heavy atom. The molecule has 16 heteroatoms. The Hall–Kier alpha value is -5.05. The van der Waals surface area contributed by atoms with Crippen LogP contribution < -0.4 is 0 Å². The van der Waals surface area contributed by atoms with E-state index < -0.39 is 23.4 Å². The number of aromatic nitrogens is 6. The molecule has 1 N–H and O–H groups in total. The molecule has 0 aliphatic rings. The fraction of sp³-hybridized carbons (Fsp3) is 0.400. The summed E-state index contributed by atoms with van der Waals surface area (Å²) in [6, 6.07) is 15.2. The lowest BCUT2D eigenvalue weighted by molar-refractivity contribution is -0.757. The average molecular weight is 656 g/mol.